The normalized spacial score (nSPS) is 14.3. The van der Waals surface area contributed by atoms with E-state index in [4.69, 9.17) is 16.1 Å². The molecule has 0 amide bonds. The van der Waals surface area contributed by atoms with E-state index in [1.54, 1.807) is 6.92 Å². The smallest absolute Gasteiger partial charge is 0.358 e. The highest BCUT2D eigenvalue weighted by Gasteiger charge is 2.21. The molecule has 0 saturated carbocycles. The molecule has 1 heterocycles. The van der Waals surface area contributed by atoms with Gasteiger partial charge in [0.05, 0.1) is 17.8 Å². The fourth-order valence-corrected chi connectivity index (χ4v) is 3.10. The highest BCUT2D eigenvalue weighted by molar-refractivity contribution is 7.57. The first-order chi connectivity index (χ1) is 7.85. The predicted molar refractivity (Wildman–Crippen MR) is 64.8 cm³/mol. The number of pyridine rings is 1. The summed E-state index contributed by atoms with van der Waals surface area (Å²) in [5.41, 5.74) is 0.410. The summed E-state index contributed by atoms with van der Waals surface area (Å²) >= 11 is 5.85. The molecule has 0 aromatic carbocycles. The van der Waals surface area contributed by atoms with E-state index in [0.29, 0.717) is 12.2 Å². The van der Waals surface area contributed by atoms with Crippen LogP contribution in [0.25, 0.3) is 0 Å². The average Bonchev–Trinajstić information content (AvgIpc) is 2.20. The van der Waals surface area contributed by atoms with Gasteiger partial charge >= 0.3 is 5.82 Å². The van der Waals surface area contributed by atoms with Crippen LogP contribution >= 0.6 is 19.0 Å². The first-order valence-corrected chi connectivity index (χ1v) is 7.49. The standard InChI is InChI=1S/C9H12ClN2O4P/c1-3-16-17(2,15)6-7-4-9(12(13)14)11-5-8(7)10/h4-5H,3,6H2,1-2H3. The Labute approximate surface area is 104 Å². The molecule has 1 atom stereocenters. The summed E-state index contributed by atoms with van der Waals surface area (Å²) in [5.74, 6) is -0.319. The number of nitrogens with zero attached hydrogens (tertiary/aromatic N) is 2. The number of aromatic nitrogens is 1. The van der Waals surface area contributed by atoms with Crippen molar-refractivity contribution in [2.75, 3.05) is 13.3 Å². The van der Waals surface area contributed by atoms with Crippen LogP contribution in [0.1, 0.15) is 12.5 Å². The zero-order valence-corrected chi connectivity index (χ0v) is 11.1. The van der Waals surface area contributed by atoms with Gasteiger partial charge in [-0.25, -0.2) is 0 Å². The Hall–Kier alpha value is -0.970. The molecule has 1 aromatic heterocycles. The van der Waals surface area contributed by atoms with Crippen LogP contribution in [0.4, 0.5) is 5.82 Å². The van der Waals surface area contributed by atoms with Crippen molar-refractivity contribution in [3.8, 4) is 0 Å². The summed E-state index contributed by atoms with van der Waals surface area (Å²) < 4.78 is 17.0. The lowest BCUT2D eigenvalue weighted by Crippen LogP contribution is -1.97. The van der Waals surface area contributed by atoms with Crippen LogP contribution in [0.2, 0.25) is 5.02 Å². The molecular formula is C9H12ClN2O4P. The molecule has 17 heavy (non-hydrogen) atoms. The molecule has 0 aliphatic heterocycles. The highest BCUT2D eigenvalue weighted by Crippen LogP contribution is 2.47. The molecule has 0 bridgehead atoms. The molecule has 6 nitrogen and oxygen atoms in total. The Morgan fingerprint density at radius 1 is 1.65 bits per heavy atom. The van der Waals surface area contributed by atoms with Gasteiger partial charge < -0.3 is 14.6 Å². The summed E-state index contributed by atoms with van der Waals surface area (Å²) in [6.45, 7) is 3.52. The summed E-state index contributed by atoms with van der Waals surface area (Å²) in [6.07, 6.45) is 1.24. The van der Waals surface area contributed by atoms with Crippen LogP contribution in [0.15, 0.2) is 12.3 Å². The van der Waals surface area contributed by atoms with Gasteiger partial charge in [0.15, 0.2) is 6.20 Å². The number of hydrogen-bond acceptors (Lipinski definition) is 5. The number of nitro groups is 1. The zero-order chi connectivity index (χ0) is 13.1. The Morgan fingerprint density at radius 3 is 2.82 bits per heavy atom. The molecule has 0 N–H and O–H groups in total. The van der Waals surface area contributed by atoms with E-state index in [1.165, 1.54) is 18.9 Å². The van der Waals surface area contributed by atoms with Crippen molar-refractivity contribution < 1.29 is 14.0 Å². The van der Waals surface area contributed by atoms with Crippen LogP contribution in [0, 0.1) is 10.1 Å². The Bertz CT molecular complexity index is 480. The predicted octanol–water partition coefficient (Wildman–Crippen LogP) is 3.09. The zero-order valence-electron chi connectivity index (χ0n) is 9.42. The molecule has 0 spiro atoms. The quantitative estimate of drug-likeness (QED) is 0.469. The molecule has 1 rings (SSSR count). The van der Waals surface area contributed by atoms with Crippen molar-refractivity contribution in [2.24, 2.45) is 0 Å². The van der Waals surface area contributed by atoms with Crippen molar-refractivity contribution >= 4 is 24.8 Å². The minimum atomic E-state index is -2.83. The lowest BCUT2D eigenvalue weighted by molar-refractivity contribution is -0.389. The Balaban J connectivity index is 3.01. The maximum Gasteiger partial charge on any atom is 0.363 e. The largest absolute Gasteiger partial charge is 0.363 e. The van der Waals surface area contributed by atoms with E-state index in [0.717, 1.165) is 0 Å². The molecule has 0 aliphatic carbocycles. The average molecular weight is 279 g/mol. The second-order valence-electron chi connectivity index (χ2n) is 3.48. The monoisotopic (exact) mass is 278 g/mol. The minimum absolute atomic E-state index is 0.0586. The van der Waals surface area contributed by atoms with E-state index < -0.39 is 12.3 Å². The fraction of sp³-hybridized carbons (Fsp3) is 0.444. The third-order valence-corrected chi connectivity index (χ3v) is 4.03. The van der Waals surface area contributed by atoms with Crippen molar-refractivity contribution in [1.82, 2.24) is 4.98 Å². The van der Waals surface area contributed by atoms with Crippen LogP contribution in [0.5, 0.6) is 0 Å². The molecule has 1 unspecified atom stereocenters. The number of halogens is 1. The summed E-state index contributed by atoms with van der Waals surface area (Å²) in [4.78, 5) is 13.5. The van der Waals surface area contributed by atoms with Crippen LogP contribution in [0.3, 0.4) is 0 Å². The molecule has 0 fully saturated rings. The van der Waals surface area contributed by atoms with Gasteiger partial charge in [-0.3, -0.25) is 4.57 Å². The number of hydrogen-bond donors (Lipinski definition) is 0. The van der Waals surface area contributed by atoms with Gasteiger partial charge in [0.25, 0.3) is 0 Å². The van der Waals surface area contributed by atoms with Gasteiger partial charge in [0.2, 0.25) is 7.37 Å². The van der Waals surface area contributed by atoms with Gasteiger partial charge in [-0.2, -0.15) is 0 Å². The summed E-state index contributed by atoms with van der Waals surface area (Å²) in [5, 5.41) is 10.8. The van der Waals surface area contributed by atoms with Crippen LogP contribution in [-0.2, 0) is 15.3 Å². The van der Waals surface area contributed by atoms with Gasteiger partial charge in [0.1, 0.15) is 0 Å². The van der Waals surface area contributed by atoms with Gasteiger partial charge in [-0.15, -0.1) is 0 Å². The van der Waals surface area contributed by atoms with Crippen molar-refractivity contribution in [2.45, 2.75) is 13.1 Å². The number of rotatable bonds is 5. The lowest BCUT2D eigenvalue weighted by atomic mass is 10.3. The minimum Gasteiger partial charge on any atom is -0.358 e. The molecular weight excluding hydrogens is 267 g/mol. The van der Waals surface area contributed by atoms with Crippen molar-refractivity contribution in [1.29, 1.82) is 0 Å². The van der Waals surface area contributed by atoms with Gasteiger partial charge in [-0.1, -0.05) is 11.6 Å². The topological polar surface area (TPSA) is 82.3 Å². The maximum atomic E-state index is 11.9. The van der Waals surface area contributed by atoms with Crippen LogP contribution < -0.4 is 0 Å². The first-order valence-electron chi connectivity index (χ1n) is 4.85. The molecule has 94 valence electrons. The second-order valence-corrected chi connectivity index (χ2v) is 6.49. The van der Waals surface area contributed by atoms with Crippen LogP contribution in [-0.4, -0.2) is 23.2 Å². The van der Waals surface area contributed by atoms with E-state index in [-0.39, 0.29) is 17.0 Å². The molecule has 1 aromatic rings. The molecule has 8 heteroatoms. The fourth-order valence-electron chi connectivity index (χ4n) is 1.32. The lowest BCUT2D eigenvalue weighted by Gasteiger charge is -2.12. The van der Waals surface area contributed by atoms with Crippen molar-refractivity contribution in [3.05, 3.63) is 33.0 Å². The van der Waals surface area contributed by atoms with Crippen molar-refractivity contribution in [3.63, 3.8) is 0 Å². The molecule has 0 radical (unpaired) electrons. The SMILES string of the molecule is CCOP(C)(=O)Cc1cc([N+](=O)[O-])ncc1Cl. The van der Waals surface area contributed by atoms with Gasteiger partial charge in [0, 0.05) is 12.7 Å². The Kier molecular flexibility index (Phi) is 4.62. The Morgan fingerprint density at radius 2 is 2.29 bits per heavy atom. The first kappa shape index (κ1) is 14.1. The van der Waals surface area contributed by atoms with E-state index >= 15 is 0 Å². The maximum absolute atomic E-state index is 11.9. The third kappa shape index (κ3) is 4.07. The summed E-state index contributed by atoms with van der Waals surface area (Å²) in [6, 6.07) is 1.22. The molecule has 0 aliphatic rings. The third-order valence-electron chi connectivity index (χ3n) is 1.97. The highest BCUT2D eigenvalue weighted by atomic mass is 35.5. The van der Waals surface area contributed by atoms with Gasteiger partial charge in [-0.05, 0) is 22.4 Å². The van der Waals surface area contributed by atoms with E-state index in [1.807, 2.05) is 0 Å². The molecule has 0 saturated heterocycles. The van der Waals surface area contributed by atoms with E-state index in [2.05, 4.69) is 4.98 Å². The summed E-state index contributed by atoms with van der Waals surface area (Å²) in [7, 11) is -2.83. The van der Waals surface area contributed by atoms with E-state index in [9.17, 15) is 14.7 Å². The second kappa shape index (κ2) is 5.58.